The SMILES string of the molecule is COC(=O)[C@H](C[C@H](C)C(=O)OC)NC(=O)[C@H]1CCOC1. The molecule has 1 aliphatic rings. The molecule has 1 fully saturated rings. The Hall–Kier alpha value is -1.63. The fraction of sp³-hybridized carbons (Fsp3) is 0.769. The minimum Gasteiger partial charge on any atom is -0.469 e. The number of esters is 2. The summed E-state index contributed by atoms with van der Waals surface area (Å²) in [5.41, 5.74) is 0. The Kier molecular flexibility index (Phi) is 6.44. The van der Waals surface area contributed by atoms with E-state index in [9.17, 15) is 14.4 Å². The van der Waals surface area contributed by atoms with Crippen molar-refractivity contribution in [2.75, 3.05) is 27.4 Å². The molecular formula is C13H21NO6. The van der Waals surface area contributed by atoms with E-state index in [1.165, 1.54) is 14.2 Å². The molecule has 0 radical (unpaired) electrons. The smallest absolute Gasteiger partial charge is 0.328 e. The van der Waals surface area contributed by atoms with Crippen molar-refractivity contribution in [1.29, 1.82) is 0 Å². The molecule has 1 rings (SSSR count). The minimum absolute atomic E-state index is 0.138. The predicted octanol–water partition coefficient (Wildman–Crippen LogP) is -0.120. The standard InChI is InChI=1S/C13H21NO6/c1-8(12(16)18-2)6-10(13(17)19-3)14-11(15)9-4-5-20-7-9/h8-10H,4-7H2,1-3H3,(H,14,15)/t8-,9-,10-/m0/s1. The third-order valence-electron chi connectivity index (χ3n) is 3.30. The molecule has 7 heteroatoms. The maximum absolute atomic E-state index is 12.0. The number of hydrogen-bond donors (Lipinski definition) is 1. The molecule has 3 atom stereocenters. The van der Waals surface area contributed by atoms with Crippen LogP contribution in [-0.2, 0) is 28.6 Å². The van der Waals surface area contributed by atoms with Gasteiger partial charge in [0.05, 0.1) is 32.7 Å². The zero-order valence-corrected chi connectivity index (χ0v) is 12.0. The van der Waals surface area contributed by atoms with Crippen molar-refractivity contribution in [3.8, 4) is 0 Å². The second-order valence-corrected chi connectivity index (χ2v) is 4.80. The first-order valence-electron chi connectivity index (χ1n) is 6.53. The predicted molar refractivity (Wildman–Crippen MR) is 68.7 cm³/mol. The van der Waals surface area contributed by atoms with Crippen molar-refractivity contribution in [3.63, 3.8) is 0 Å². The van der Waals surface area contributed by atoms with Gasteiger partial charge in [-0.3, -0.25) is 9.59 Å². The van der Waals surface area contributed by atoms with Crippen LogP contribution in [0.15, 0.2) is 0 Å². The highest BCUT2D eigenvalue weighted by Gasteiger charge is 2.31. The van der Waals surface area contributed by atoms with E-state index in [-0.39, 0.29) is 18.2 Å². The topological polar surface area (TPSA) is 90.9 Å². The molecule has 1 heterocycles. The van der Waals surface area contributed by atoms with Gasteiger partial charge in [0.25, 0.3) is 0 Å². The number of methoxy groups -OCH3 is 2. The summed E-state index contributed by atoms with van der Waals surface area (Å²) in [6, 6.07) is -0.859. The third kappa shape index (κ3) is 4.48. The van der Waals surface area contributed by atoms with Gasteiger partial charge in [-0.15, -0.1) is 0 Å². The largest absolute Gasteiger partial charge is 0.469 e. The number of ether oxygens (including phenoxy) is 3. The van der Waals surface area contributed by atoms with Gasteiger partial charge in [0.1, 0.15) is 6.04 Å². The Morgan fingerprint density at radius 3 is 2.40 bits per heavy atom. The molecule has 0 unspecified atom stereocenters. The second kappa shape index (κ2) is 7.84. The summed E-state index contributed by atoms with van der Waals surface area (Å²) in [7, 11) is 2.52. The monoisotopic (exact) mass is 287 g/mol. The Bertz CT molecular complexity index is 364. The number of carbonyl (C=O) groups excluding carboxylic acids is 3. The first kappa shape index (κ1) is 16.4. The van der Waals surface area contributed by atoms with Crippen LogP contribution in [0.25, 0.3) is 0 Å². The summed E-state index contributed by atoms with van der Waals surface area (Å²) >= 11 is 0. The lowest BCUT2D eigenvalue weighted by Gasteiger charge is -2.20. The number of amides is 1. The van der Waals surface area contributed by atoms with Crippen molar-refractivity contribution < 1.29 is 28.6 Å². The molecule has 1 N–H and O–H groups in total. The van der Waals surface area contributed by atoms with Crippen molar-refractivity contribution in [2.24, 2.45) is 11.8 Å². The summed E-state index contributed by atoms with van der Waals surface area (Å²) in [6.07, 6.45) is 0.769. The van der Waals surface area contributed by atoms with E-state index in [4.69, 9.17) is 4.74 Å². The Balaban J connectivity index is 2.61. The van der Waals surface area contributed by atoms with Crippen molar-refractivity contribution in [3.05, 3.63) is 0 Å². The molecular weight excluding hydrogens is 266 g/mol. The number of hydrogen-bond acceptors (Lipinski definition) is 6. The third-order valence-corrected chi connectivity index (χ3v) is 3.30. The lowest BCUT2D eigenvalue weighted by Crippen LogP contribution is -2.45. The van der Waals surface area contributed by atoms with Crippen molar-refractivity contribution in [2.45, 2.75) is 25.8 Å². The molecule has 20 heavy (non-hydrogen) atoms. The van der Waals surface area contributed by atoms with Crippen LogP contribution in [0.3, 0.4) is 0 Å². The summed E-state index contributed by atoms with van der Waals surface area (Å²) in [5, 5.41) is 2.62. The fourth-order valence-electron chi connectivity index (χ4n) is 2.04. The van der Waals surface area contributed by atoms with Gasteiger partial charge in [-0.25, -0.2) is 4.79 Å². The van der Waals surface area contributed by atoms with Crippen LogP contribution in [0, 0.1) is 11.8 Å². The van der Waals surface area contributed by atoms with E-state index in [1.807, 2.05) is 0 Å². The highest BCUT2D eigenvalue weighted by molar-refractivity contribution is 5.86. The van der Waals surface area contributed by atoms with Crippen LogP contribution in [-0.4, -0.2) is 51.3 Å². The van der Waals surface area contributed by atoms with E-state index in [1.54, 1.807) is 6.92 Å². The van der Waals surface area contributed by atoms with Crippen LogP contribution < -0.4 is 5.32 Å². The summed E-state index contributed by atoms with van der Waals surface area (Å²) in [6.45, 7) is 2.53. The van der Waals surface area contributed by atoms with Crippen LogP contribution in [0.4, 0.5) is 0 Å². The van der Waals surface area contributed by atoms with Gasteiger partial charge in [-0.2, -0.15) is 0 Å². The normalized spacial score (nSPS) is 20.9. The number of carbonyl (C=O) groups is 3. The first-order valence-corrected chi connectivity index (χ1v) is 6.53. The molecule has 0 bridgehead atoms. The highest BCUT2D eigenvalue weighted by atomic mass is 16.5. The van der Waals surface area contributed by atoms with Crippen LogP contribution in [0.1, 0.15) is 19.8 Å². The molecule has 1 amide bonds. The Morgan fingerprint density at radius 1 is 1.25 bits per heavy atom. The number of rotatable bonds is 6. The zero-order chi connectivity index (χ0) is 15.1. The molecule has 7 nitrogen and oxygen atoms in total. The van der Waals surface area contributed by atoms with E-state index in [0.717, 1.165) is 0 Å². The van der Waals surface area contributed by atoms with Gasteiger partial charge < -0.3 is 19.5 Å². The van der Waals surface area contributed by atoms with Crippen LogP contribution >= 0.6 is 0 Å². The van der Waals surface area contributed by atoms with Crippen molar-refractivity contribution >= 4 is 17.8 Å². The summed E-state index contributed by atoms with van der Waals surface area (Å²) < 4.78 is 14.4. The van der Waals surface area contributed by atoms with Crippen molar-refractivity contribution in [1.82, 2.24) is 5.32 Å². The van der Waals surface area contributed by atoms with Gasteiger partial charge in [0, 0.05) is 6.61 Å². The molecule has 0 aromatic rings. The minimum atomic E-state index is -0.859. The zero-order valence-electron chi connectivity index (χ0n) is 12.0. The van der Waals surface area contributed by atoms with Crippen LogP contribution in [0.2, 0.25) is 0 Å². The Labute approximate surface area is 117 Å². The van der Waals surface area contributed by atoms with Gasteiger partial charge in [-0.05, 0) is 12.8 Å². The van der Waals surface area contributed by atoms with E-state index in [0.29, 0.717) is 19.6 Å². The molecule has 0 spiro atoms. The average Bonchev–Trinajstić information content (AvgIpc) is 2.98. The van der Waals surface area contributed by atoms with E-state index in [2.05, 4.69) is 14.8 Å². The number of nitrogens with one attached hydrogen (secondary N) is 1. The summed E-state index contributed by atoms with van der Waals surface area (Å²) in [4.78, 5) is 35.1. The lowest BCUT2D eigenvalue weighted by atomic mass is 10.0. The molecule has 0 aromatic carbocycles. The molecule has 0 aromatic heterocycles. The molecule has 0 aliphatic carbocycles. The summed E-state index contributed by atoms with van der Waals surface area (Å²) in [5.74, 6) is -2.03. The van der Waals surface area contributed by atoms with Crippen LogP contribution in [0.5, 0.6) is 0 Å². The van der Waals surface area contributed by atoms with Gasteiger partial charge >= 0.3 is 11.9 Å². The second-order valence-electron chi connectivity index (χ2n) is 4.80. The maximum atomic E-state index is 12.0. The Morgan fingerprint density at radius 2 is 1.90 bits per heavy atom. The quantitative estimate of drug-likeness (QED) is 0.685. The molecule has 1 saturated heterocycles. The van der Waals surface area contributed by atoms with Gasteiger partial charge in [0.15, 0.2) is 0 Å². The molecule has 114 valence electrons. The van der Waals surface area contributed by atoms with E-state index >= 15 is 0 Å². The fourth-order valence-corrected chi connectivity index (χ4v) is 2.04. The highest BCUT2D eigenvalue weighted by Crippen LogP contribution is 2.14. The van der Waals surface area contributed by atoms with Gasteiger partial charge in [0.2, 0.25) is 5.91 Å². The van der Waals surface area contributed by atoms with Gasteiger partial charge in [-0.1, -0.05) is 6.92 Å². The molecule has 1 aliphatic heterocycles. The maximum Gasteiger partial charge on any atom is 0.328 e. The van der Waals surface area contributed by atoms with E-state index < -0.39 is 23.9 Å². The first-order chi connectivity index (χ1) is 9.49. The lowest BCUT2D eigenvalue weighted by molar-refractivity contribution is -0.149. The average molecular weight is 287 g/mol. The molecule has 0 saturated carbocycles.